The van der Waals surface area contributed by atoms with E-state index in [2.05, 4.69) is 74.0 Å². The van der Waals surface area contributed by atoms with Gasteiger partial charge in [0.15, 0.2) is 52.9 Å². The number of imidazole rings is 4. The van der Waals surface area contributed by atoms with Crippen LogP contribution in [-0.2, 0) is 117 Å². The molecule has 7 aromatic heterocycles. The van der Waals surface area contributed by atoms with E-state index in [1.165, 1.54) is 53.7 Å². The molecule has 2 fully saturated rings. The van der Waals surface area contributed by atoms with E-state index in [4.69, 9.17) is 91.6 Å². The molecule has 0 aliphatic carbocycles. The molecular formula is C41H46FN17O16P4S4. The number of aromatic amines is 1. The summed E-state index contributed by atoms with van der Waals surface area (Å²) in [5.74, 6) is 1.23. The number of hydrogen-bond donors (Lipinski definition) is 7. The number of aliphatic imine (C=N–C) groups is 1. The number of nitrogens with zero attached hydrogens (tertiary/aromatic N) is 14. The van der Waals surface area contributed by atoms with Gasteiger partial charge in [-0.15, -0.1) is 0 Å². The van der Waals surface area contributed by atoms with Crippen molar-refractivity contribution in [1.82, 2.24) is 68.4 Å². The number of nitrogens with one attached hydrogen (secondary N) is 2. The number of hydrogen-bond acceptors (Lipinski definition) is 28. The number of nitrogens with two attached hydrogens (primary N) is 1. The molecule has 442 valence electrons. The fraction of sp³-hybridized carbons (Fsp3) is 0.439. The monoisotopic (exact) mass is 1300 g/mol. The van der Waals surface area contributed by atoms with Gasteiger partial charge in [-0.05, 0) is 48.4 Å². The highest BCUT2D eigenvalue weighted by atomic mass is 32.7. The number of rotatable bonds is 3. The Morgan fingerprint density at radius 1 is 0.843 bits per heavy atom. The van der Waals surface area contributed by atoms with E-state index in [-0.39, 0.29) is 73.9 Å². The lowest BCUT2D eigenvalue weighted by molar-refractivity contribution is -0.0515. The van der Waals surface area contributed by atoms with Crippen LogP contribution in [0.4, 0.5) is 10.2 Å². The first-order chi connectivity index (χ1) is 39.5. The third kappa shape index (κ3) is 12.7. The Labute approximate surface area is 486 Å². The summed E-state index contributed by atoms with van der Waals surface area (Å²) >= 11 is 19.8. The van der Waals surface area contributed by atoms with Gasteiger partial charge < -0.3 is 76.7 Å². The fourth-order valence-corrected chi connectivity index (χ4v) is 14.3. The number of pyridine rings is 1. The average molecular weight is 1300 g/mol. The van der Waals surface area contributed by atoms with E-state index in [1.54, 1.807) is 16.1 Å². The summed E-state index contributed by atoms with van der Waals surface area (Å²) in [7, 11) is 1.42. The third-order valence-electron chi connectivity index (χ3n) is 12.9. The summed E-state index contributed by atoms with van der Waals surface area (Å²) in [6, 6.07) is 3.49. The maximum Gasteiger partial charge on any atom is 0.387 e. The summed E-state index contributed by atoms with van der Waals surface area (Å²) in [6.07, 6.45) is -3.25. The maximum atomic E-state index is 15.9. The summed E-state index contributed by atoms with van der Waals surface area (Å²) in [5.41, 5.74) is 8.18. The van der Waals surface area contributed by atoms with E-state index >= 15 is 4.39 Å². The van der Waals surface area contributed by atoms with Gasteiger partial charge in [-0.2, -0.15) is 10.3 Å². The Kier molecular flexibility index (Phi) is 17.1. The molecule has 0 amide bonds. The number of thiol groups is 1. The van der Waals surface area contributed by atoms with E-state index in [0.717, 1.165) is 0 Å². The van der Waals surface area contributed by atoms with Crippen LogP contribution in [0.5, 0.6) is 0 Å². The number of aryl methyl sites for hydroxylation is 1. The average Bonchev–Trinajstić information content (AvgIpc) is 3.98. The van der Waals surface area contributed by atoms with Crippen molar-refractivity contribution < 1.29 is 74.0 Å². The number of nitriles is 1. The van der Waals surface area contributed by atoms with Crippen LogP contribution < -0.4 is 16.6 Å². The minimum absolute atomic E-state index is 0.0359. The van der Waals surface area contributed by atoms with E-state index in [1.807, 2.05) is 6.07 Å². The predicted molar refractivity (Wildman–Crippen MR) is 299 cm³/mol. The van der Waals surface area contributed by atoms with Crippen LogP contribution in [-0.4, -0.2) is 154 Å². The molecule has 0 spiro atoms. The Morgan fingerprint density at radius 3 is 2.20 bits per heavy atom. The first kappa shape index (κ1) is 59.8. The standard InChI is InChI=1S/C21H21FN8O8P2S2.C20H25N9O8P2S2/c1-10-26-19-16(20(31)27-10)25-9-30(19)21-17-15(22)13(37-21)7-35-39(32,41)34-3-2-29-14(8-36-40(33,42)38-17)28-12-4-11(5-23)6-24-18(12)29;1-10-14-18(27-20(21)25-10)29(9-24-14)19-16-15(32-2)12(36-19)6-34-38(30,40)33-4-3-28-13(7-35-39(31,41)37-16)26-11-5-22-8-23-17(11)28/h4,6,9,13,15,17,21H,2-3,7-8H2,1H3,(H,32,41)(H,33,42)(H,26,27,31);5,8-9,12,15-16,19H,1,3-4,6-7H2,2H3,(H,30,40)(H,31,41)(H3,21,25,27)/t13-,15-,17-,21-,39?,40?;12-,15-,16-,19-,38?,39?/m11/s1. The van der Waals surface area contributed by atoms with Crippen molar-refractivity contribution in [2.45, 2.75) is 82.4 Å². The molecule has 33 nitrogen and oxygen atoms in total. The lowest BCUT2D eigenvalue weighted by atomic mass is 10.1. The van der Waals surface area contributed by atoms with Crippen molar-refractivity contribution in [3.8, 4) is 6.07 Å². The van der Waals surface area contributed by atoms with Crippen molar-refractivity contribution in [2.24, 2.45) is 10.7 Å². The highest BCUT2D eigenvalue weighted by molar-refractivity contribution is 8.44. The first-order valence-corrected chi connectivity index (χ1v) is 34.7. The van der Waals surface area contributed by atoms with E-state index in [0.29, 0.717) is 45.4 Å². The molecular weight excluding hydrogens is 1260 g/mol. The van der Waals surface area contributed by atoms with Gasteiger partial charge in [-0.25, -0.2) is 48.8 Å². The quantitative estimate of drug-likeness (QED) is 0.0987. The number of aromatic nitrogens is 13. The first-order valence-electron chi connectivity index (χ1n) is 24.2. The van der Waals surface area contributed by atoms with Crippen LogP contribution in [0, 0.1) is 18.3 Å². The smallest absolute Gasteiger partial charge is 0.376 e. The number of guanidine groups is 1. The topological polar surface area (TPSA) is 409 Å². The molecule has 42 heteroatoms. The van der Waals surface area contributed by atoms with Gasteiger partial charge in [-0.1, -0.05) is 18.8 Å². The number of H-pyrrole nitrogens is 1. The molecule has 5 aliphatic heterocycles. The summed E-state index contributed by atoms with van der Waals surface area (Å²) in [6.45, 7) is -11.8. The van der Waals surface area contributed by atoms with Gasteiger partial charge in [0.1, 0.15) is 90.3 Å². The van der Waals surface area contributed by atoms with Gasteiger partial charge >= 0.3 is 27.0 Å². The van der Waals surface area contributed by atoms with Crippen LogP contribution >= 0.6 is 39.2 Å². The predicted octanol–water partition coefficient (Wildman–Crippen LogP) is 2.72. The minimum atomic E-state index is -4.19. The second-order valence-corrected chi connectivity index (χ2v) is 29.6. The molecule has 0 radical (unpaired) electrons. The number of methoxy groups -OCH3 is 1. The Morgan fingerprint density at radius 2 is 1.49 bits per heavy atom. The molecule has 12 atom stereocenters. The van der Waals surface area contributed by atoms with E-state index < -0.39 is 94.9 Å². The summed E-state index contributed by atoms with van der Waals surface area (Å²) in [5, 5.41) is 12.0. The highest BCUT2D eigenvalue weighted by Gasteiger charge is 2.52. The van der Waals surface area contributed by atoms with Gasteiger partial charge in [0.2, 0.25) is 0 Å². The van der Waals surface area contributed by atoms with Crippen LogP contribution in [0.1, 0.15) is 41.2 Å². The van der Waals surface area contributed by atoms with Crippen molar-refractivity contribution in [3.63, 3.8) is 0 Å². The lowest BCUT2D eigenvalue weighted by Gasteiger charge is -2.26. The molecule has 7 aromatic rings. The van der Waals surface area contributed by atoms with Crippen LogP contribution in [0.2, 0.25) is 0 Å². The lowest BCUT2D eigenvalue weighted by Crippen LogP contribution is -2.37. The largest absolute Gasteiger partial charge is 0.387 e. The number of alkyl halides is 1. The van der Waals surface area contributed by atoms with Crippen LogP contribution in [0.15, 0.2) is 53.8 Å². The van der Waals surface area contributed by atoms with Crippen LogP contribution in [0.3, 0.4) is 0 Å². The third-order valence-corrected chi connectivity index (χ3v) is 19.3. The highest BCUT2D eigenvalue weighted by Crippen LogP contribution is 2.58. The molecule has 0 aromatic carbocycles. The molecule has 7 N–H and O–H groups in total. The van der Waals surface area contributed by atoms with Gasteiger partial charge in [0.25, 0.3) is 5.56 Å². The Balaban J connectivity index is 0.000000174. The van der Waals surface area contributed by atoms with E-state index in [9.17, 15) is 29.3 Å². The number of ether oxygens (including phenoxy) is 3. The second kappa shape index (κ2) is 23.8. The molecule has 4 unspecified atom stereocenters. The van der Waals surface area contributed by atoms with Crippen molar-refractivity contribution in [2.75, 3.05) is 33.5 Å². The molecule has 12 rings (SSSR count). The van der Waals surface area contributed by atoms with Gasteiger partial charge in [0.05, 0.1) is 56.5 Å². The molecule has 4 bridgehead atoms. The number of halogens is 1. The van der Waals surface area contributed by atoms with Crippen LogP contribution in [0.25, 0.3) is 39.2 Å². The molecule has 83 heavy (non-hydrogen) atoms. The Bertz CT molecular complexity index is 4030. The van der Waals surface area contributed by atoms with Crippen molar-refractivity contribution in [3.05, 3.63) is 83.1 Å². The second-order valence-electron chi connectivity index (χ2n) is 18.3. The zero-order valence-electron chi connectivity index (χ0n) is 42.8. The molecule has 5 aliphatic rings. The molecule has 12 heterocycles. The van der Waals surface area contributed by atoms with Crippen molar-refractivity contribution >= 4 is 126 Å². The van der Waals surface area contributed by atoms with Gasteiger partial charge in [0, 0.05) is 26.4 Å². The van der Waals surface area contributed by atoms with Gasteiger partial charge in [-0.3, -0.25) is 27.5 Å². The zero-order valence-corrected chi connectivity index (χ0v) is 49.7. The minimum Gasteiger partial charge on any atom is -0.376 e. The molecule has 0 saturated carbocycles. The zero-order chi connectivity index (χ0) is 58.8. The molecule has 2 saturated heterocycles. The summed E-state index contributed by atoms with van der Waals surface area (Å²) in [4.78, 5) is 85.7. The normalized spacial score (nSPS) is 31.9. The Hall–Kier alpha value is -4.87. The fourth-order valence-electron chi connectivity index (χ4n) is 9.36. The van der Waals surface area contributed by atoms with Crippen molar-refractivity contribution in [1.29, 1.82) is 5.26 Å². The SMILES string of the molecule is C=C1NC(N)=Nc2c1ncn2[C@@H]1O[C@@H]2COP(O)(=S)OCCn3c(nc4cncnc43)COP(=O)(S)O[C@@H]1[C@@H]2OC.Cc1nc2c(ncn2[C@@H]2O[C@@H]3COP(O)(=S)OCCn4c(nc5cc(C#N)cnc54)COP(O)(=S)O[C@@H]2[C@@H]3F)c(=O)[nH]1. The maximum absolute atomic E-state index is 15.9. The number of fused-ring (bicyclic) bond motifs is 12. The summed E-state index contributed by atoms with van der Waals surface area (Å²) < 4.78 is 98.3.